The molecule has 1 amide bonds. The van der Waals surface area contributed by atoms with Crippen molar-refractivity contribution in [3.05, 3.63) is 29.3 Å². The first-order chi connectivity index (χ1) is 10.4. The number of carbonyl (C=O) groups excluding carboxylic acids is 1. The second kappa shape index (κ2) is 7.18. The quantitative estimate of drug-likeness (QED) is 0.866. The first-order valence-corrected chi connectivity index (χ1v) is 8.59. The average molecular weight is 321 g/mol. The van der Waals surface area contributed by atoms with Gasteiger partial charge in [-0.15, -0.1) is 11.8 Å². The zero-order chi connectivity index (χ0) is 16.3. The molecule has 1 aliphatic rings. The molecule has 120 valence electrons. The molecule has 1 saturated heterocycles. The van der Waals surface area contributed by atoms with Crippen molar-refractivity contribution in [2.45, 2.75) is 44.6 Å². The summed E-state index contributed by atoms with van der Waals surface area (Å²) in [5.41, 5.74) is 2.34. The largest absolute Gasteiger partial charge is 0.481 e. The molecule has 0 spiro atoms. The lowest BCUT2D eigenvalue weighted by molar-refractivity contribution is -0.146. The van der Waals surface area contributed by atoms with Gasteiger partial charge in [0, 0.05) is 17.5 Å². The van der Waals surface area contributed by atoms with Crippen LogP contribution < -0.4 is 0 Å². The molecule has 5 heteroatoms. The van der Waals surface area contributed by atoms with Gasteiger partial charge in [-0.1, -0.05) is 17.7 Å². The van der Waals surface area contributed by atoms with Crippen LogP contribution in [0.1, 0.15) is 30.9 Å². The normalized spacial score (nSPS) is 21.7. The highest BCUT2D eigenvalue weighted by atomic mass is 32.2. The molecular formula is C17H23NO3S. The molecular weight excluding hydrogens is 298 g/mol. The molecule has 1 aliphatic heterocycles. The molecule has 0 radical (unpaired) electrons. The number of carbonyl (C=O) groups is 2. The number of hydrogen-bond donors (Lipinski definition) is 1. The third-order valence-corrected chi connectivity index (χ3v) is 5.39. The SMILES string of the molecule is Cc1ccc(C)c(SCC(=O)N2CC(C(=O)O)CCC2C)c1. The predicted molar refractivity (Wildman–Crippen MR) is 88.2 cm³/mol. The van der Waals surface area contributed by atoms with Gasteiger partial charge in [-0.25, -0.2) is 0 Å². The molecule has 0 saturated carbocycles. The number of hydrogen-bond acceptors (Lipinski definition) is 3. The van der Waals surface area contributed by atoms with E-state index in [9.17, 15) is 9.59 Å². The van der Waals surface area contributed by atoms with Crippen molar-refractivity contribution >= 4 is 23.6 Å². The monoisotopic (exact) mass is 321 g/mol. The van der Waals surface area contributed by atoms with Gasteiger partial charge in [0.1, 0.15) is 0 Å². The van der Waals surface area contributed by atoms with E-state index in [0.29, 0.717) is 18.7 Å². The molecule has 1 fully saturated rings. The van der Waals surface area contributed by atoms with Gasteiger partial charge in [-0.05, 0) is 45.2 Å². The number of aryl methyl sites for hydroxylation is 2. The molecule has 2 unspecified atom stereocenters. The Labute approximate surface area is 135 Å². The fourth-order valence-corrected chi connectivity index (χ4v) is 3.75. The first-order valence-electron chi connectivity index (χ1n) is 7.61. The standard InChI is InChI=1S/C17H23NO3S/c1-11-4-5-12(2)15(8-11)22-10-16(19)18-9-14(17(20)21)7-6-13(18)3/h4-5,8,13-14H,6-7,9-10H2,1-3H3,(H,20,21). The number of piperidine rings is 1. The minimum absolute atomic E-state index is 0.0318. The van der Waals surface area contributed by atoms with Gasteiger partial charge < -0.3 is 10.0 Å². The van der Waals surface area contributed by atoms with Crippen molar-refractivity contribution in [1.29, 1.82) is 0 Å². The van der Waals surface area contributed by atoms with Gasteiger partial charge in [-0.2, -0.15) is 0 Å². The van der Waals surface area contributed by atoms with Crippen LogP contribution in [0.2, 0.25) is 0 Å². The molecule has 1 N–H and O–H groups in total. The number of amides is 1. The average Bonchev–Trinajstić information content (AvgIpc) is 2.48. The smallest absolute Gasteiger partial charge is 0.308 e. The van der Waals surface area contributed by atoms with Gasteiger partial charge >= 0.3 is 5.97 Å². The maximum atomic E-state index is 12.5. The van der Waals surface area contributed by atoms with E-state index in [2.05, 4.69) is 18.2 Å². The van der Waals surface area contributed by atoms with Crippen LogP contribution in [-0.4, -0.2) is 40.2 Å². The number of thioether (sulfide) groups is 1. The summed E-state index contributed by atoms with van der Waals surface area (Å²) in [5, 5.41) is 9.16. The Kier molecular flexibility index (Phi) is 5.51. The van der Waals surface area contributed by atoms with Crippen molar-refractivity contribution in [3.8, 4) is 0 Å². The lowest BCUT2D eigenvalue weighted by atomic mass is 9.93. The summed E-state index contributed by atoms with van der Waals surface area (Å²) in [6.07, 6.45) is 1.42. The predicted octanol–water partition coefficient (Wildman–Crippen LogP) is 3.11. The summed E-state index contributed by atoms with van der Waals surface area (Å²) in [6, 6.07) is 6.34. The van der Waals surface area contributed by atoms with Crippen LogP contribution >= 0.6 is 11.8 Å². The third kappa shape index (κ3) is 4.03. The Hall–Kier alpha value is -1.49. The summed E-state index contributed by atoms with van der Waals surface area (Å²) < 4.78 is 0. The Bertz CT molecular complexity index is 573. The molecule has 0 aliphatic carbocycles. The summed E-state index contributed by atoms with van der Waals surface area (Å²) in [4.78, 5) is 26.5. The Balaban J connectivity index is 1.98. The van der Waals surface area contributed by atoms with Crippen LogP contribution in [0.25, 0.3) is 0 Å². The molecule has 2 atom stereocenters. The molecule has 2 rings (SSSR count). The first kappa shape index (κ1) is 16.9. The summed E-state index contributed by atoms with van der Waals surface area (Å²) in [6.45, 7) is 6.41. The van der Waals surface area contributed by atoms with Crippen LogP contribution in [0, 0.1) is 19.8 Å². The van der Waals surface area contributed by atoms with Gasteiger partial charge in [-0.3, -0.25) is 9.59 Å². The number of aliphatic carboxylic acids is 1. The van der Waals surface area contributed by atoms with Crippen LogP contribution in [0.3, 0.4) is 0 Å². The highest BCUT2D eigenvalue weighted by Gasteiger charge is 2.32. The highest BCUT2D eigenvalue weighted by molar-refractivity contribution is 8.00. The van der Waals surface area contributed by atoms with Gasteiger partial charge in [0.2, 0.25) is 5.91 Å². The number of carboxylic acids is 1. The fraction of sp³-hybridized carbons (Fsp3) is 0.529. The van der Waals surface area contributed by atoms with Gasteiger partial charge in [0.05, 0.1) is 11.7 Å². The van der Waals surface area contributed by atoms with E-state index in [-0.39, 0.29) is 11.9 Å². The van der Waals surface area contributed by atoms with E-state index in [1.165, 1.54) is 22.9 Å². The fourth-order valence-electron chi connectivity index (χ4n) is 2.74. The molecule has 1 aromatic rings. The molecule has 22 heavy (non-hydrogen) atoms. The number of nitrogens with zero attached hydrogens (tertiary/aromatic N) is 1. The van der Waals surface area contributed by atoms with E-state index in [4.69, 9.17) is 5.11 Å². The molecule has 1 aromatic carbocycles. The van der Waals surface area contributed by atoms with Crippen molar-refractivity contribution in [2.24, 2.45) is 5.92 Å². The van der Waals surface area contributed by atoms with E-state index in [0.717, 1.165) is 11.3 Å². The van der Waals surface area contributed by atoms with Crippen molar-refractivity contribution < 1.29 is 14.7 Å². The Morgan fingerprint density at radius 2 is 2.05 bits per heavy atom. The minimum atomic E-state index is -0.799. The van der Waals surface area contributed by atoms with E-state index < -0.39 is 11.9 Å². The van der Waals surface area contributed by atoms with Crippen molar-refractivity contribution in [2.75, 3.05) is 12.3 Å². The maximum Gasteiger partial charge on any atom is 0.308 e. The van der Waals surface area contributed by atoms with Gasteiger partial charge in [0.15, 0.2) is 0 Å². The number of benzene rings is 1. The maximum absolute atomic E-state index is 12.5. The summed E-state index contributed by atoms with van der Waals surface area (Å²) in [7, 11) is 0. The lowest BCUT2D eigenvalue weighted by Crippen LogP contribution is -2.48. The van der Waals surface area contributed by atoms with Crippen molar-refractivity contribution in [1.82, 2.24) is 4.90 Å². The minimum Gasteiger partial charge on any atom is -0.481 e. The van der Waals surface area contributed by atoms with Crippen LogP contribution in [-0.2, 0) is 9.59 Å². The summed E-state index contributed by atoms with van der Waals surface area (Å²) >= 11 is 1.54. The van der Waals surface area contributed by atoms with Crippen LogP contribution in [0.15, 0.2) is 23.1 Å². The third-order valence-electron chi connectivity index (χ3n) is 4.25. The zero-order valence-corrected chi connectivity index (χ0v) is 14.2. The molecule has 0 bridgehead atoms. The van der Waals surface area contributed by atoms with E-state index in [1.807, 2.05) is 20.8 Å². The van der Waals surface area contributed by atoms with Crippen LogP contribution in [0.4, 0.5) is 0 Å². The molecule has 1 heterocycles. The Morgan fingerprint density at radius 1 is 1.32 bits per heavy atom. The highest BCUT2D eigenvalue weighted by Crippen LogP contribution is 2.26. The number of rotatable bonds is 4. The Morgan fingerprint density at radius 3 is 2.73 bits per heavy atom. The van der Waals surface area contributed by atoms with E-state index in [1.54, 1.807) is 4.90 Å². The number of carboxylic acid groups (broad SMARTS) is 1. The van der Waals surface area contributed by atoms with Gasteiger partial charge in [0.25, 0.3) is 0 Å². The second-order valence-electron chi connectivity index (χ2n) is 6.07. The lowest BCUT2D eigenvalue weighted by Gasteiger charge is -2.36. The van der Waals surface area contributed by atoms with Crippen LogP contribution in [0.5, 0.6) is 0 Å². The topological polar surface area (TPSA) is 57.6 Å². The molecule has 0 aromatic heterocycles. The number of likely N-dealkylation sites (tertiary alicyclic amines) is 1. The van der Waals surface area contributed by atoms with E-state index >= 15 is 0 Å². The summed E-state index contributed by atoms with van der Waals surface area (Å²) in [5.74, 6) is -0.830. The zero-order valence-electron chi connectivity index (χ0n) is 13.3. The molecule has 4 nitrogen and oxygen atoms in total. The van der Waals surface area contributed by atoms with Crippen molar-refractivity contribution in [3.63, 3.8) is 0 Å². The second-order valence-corrected chi connectivity index (χ2v) is 7.08.